The van der Waals surface area contributed by atoms with E-state index in [9.17, 15) is 4.79 Å². The molecule has 0 radical (unpaired) electrons. The Bertz CT molecular complexity index is 564. The van der Waals surface area contributed by atoms with Crippen LogP contribution in [-0.4, -0.2) is 31.4 Å². The van der Waals surface area contributed by atoms with Crippen molar-refractivity contribution in [3.63, 3.8) is 0 Å². The first-order chi connectivity index (χ1) is 9.56. The third kappa shape index (κ3) is 4.04. The average Bonchev–Trinajstić information content (AvgIpc) is 2.99. The van der Waals surface area contributed by atoms with Gasteiger partial charge in [-0.05, 0) is 12.8 Å². The van der Waals surface area contributed by atoms with Crippen LogP contribution >= 0.6 is 23.1 Å². The Hall–Kier alpha value is -1.41. The Morgan fingerprint density at radius 1 is 1.50 bits per heavy atom. The van der Waals surface area contributed by atoms with Crippen molar-refractivity contribution in [3.05, 3.63) is 17.4 Å². The molecule has 20 heavy (non-hydrogen) atoms. The summed E-state index contributed by atoms with van der Waals surface area (Å²) in [5.41, 5.74) is 0. The van der Waals surface area contributed by atoms with E-state index in [0.717, 1.165) is 17.5 Å². The number of thioether (sulfide) groups is 1. The van der Waals surface area contributed by atoms with Gasteiger partial charge in [0, 0.05) is 18.1 Å². The molecular formula is C12H17N5OS2. The monoisotopic (exact) mass is 311 g/mol. The van der Waals surface area contributed by atoms with E-state index >= 15 is 0 Å². The third-order valence-corrected chi connectivity index (χ3v) is 4.12. The Morgan fingerprint density at radius 2 is 2.30 bits per heavy atom. The number of aromatic nitrogens is 4. The minimum absolute atomic E-state index is 0.0818. The van der Waals surface area contributed by atoms with E-state index in [2.05, 4.69) is 34.3 Å². The van der Waals surface area contributed by atoms with Gasteiger partial charge in [-0.15, -0.1) is 21.5 Å². The summed E-state index contributed by atoms with van der Waals surface area (Å²) in [6.07, 6.45) is 1.66. The number of hydrogen-bond acceptors (Lipinski definition) is 6. The molecular weight excluding hydrogens is 294 g/mol. The summed E-state index contributed by atoms with van der Waals surface area (Å²) >= 11 is 2.80. The highest BCUT2D eigenvalue weighted by Crippen LogP contribution is 2.19. The number of hydrogen-bond donors (Lipinski definition) is 1. The molecule has 0 aliphatic rings. The molecule has 2 heterocycles. The zero-order valence-corrected chi connectivity index (χ0v) is 13.3. The van der Waals surface area contributed by atoms with Crippen LogP contribution in [-0.2, 0) is 11.3 Å². The lowest BCUT2D eigenvalue weighted by Crippen LogP contribution is -2.15. The maximum absolute atomic E-state index is 11.8. The van der Waals surface area contributed by atoms with Crippen molar-refractivity contribution >= 4 is 34.1 Å². The first-order valence-corrected chi connectivity index (χ1v) is 8.14. The summed E-state index contributed by atoms with van der Waals surface area (Å²) < 4.78 is 2.05. The number of carbonyl (C=O) groups is 1. The largest absolute Gasteiger partial charge is 0.306 e. The molecule has 2 rings (SSSR count). The van der Waals surface area contributed by atoms with Crippen LogP contribution in [0.1, 0.15) is 19.7 Å². The smallest absolute Gasteiger partial charge is 0.236 e. The van der Waals surface area contributed by atoms with Crippen molar-refractivity contribution in [2.45, 2.75) is 32.5 Å². The molecule has 0 saturated heterocycles. The first kappa shape index (κ1) is 15.0. The number of anilines is 1. The van der Waals surface area contributed by atoms with Gasteiger partial charge in [0.1, 0.15) is 5.82 Å². The van der Waals surface area contributed by atoms with Crippen LogP contribution in [0.15, 0.2) is 16.7 Å². The summed E-state index contributed by atoms with van der Waals surface area (Å²) in [7, 11) is 0. The molecule has 0 aromatic carbocycles. The second-order valence-corrected chi connectivity index (χ2v) is 6.55. The van der Waals surface area contributed by atoms with Gasteiger partial charge in [0.2, 0.25) is 5.91 Å². The van der Waals surface area contributed by atoms with Gasteiger partial charge in [-0.1, -0.05) is 25.6 Å². The molecule has 1 N–H and O–H groups in total. The first-order valence-electron chi connectivity index (χ1n) is 6.28. The molecule has 0 atom stereocenters. The summed E-state index contributed by atoms with van der Waals surface area (Å²) in [6, 6.07) is 0. The molecule has 0 aliphatic heterocycles. The van der Waals surface area contributed by atoms with Crippen LogP contribution in [0.25, 0.3) is 0 Å². The van der Waals surface area contributed by atoms with E-state index in [0.29, 0.717) is 16.8 Å². The lowest BCUT2D eigenvalue weighted by molar-refractivity contribution is -0.113. The molecule has 0 bridgehead atoms. The predicted octanol–water partition coefficient (Wildman–Crippen LogP) is 2.43. The van der Waals surface area contributed by atoms with Crippen LogP contribution in [0.3, 0.4) is 0 Å². The van der Waals surface area contributed by atoms with Crippen molar-refractivity contribution in [2.75, 3.05) is 11.1 Å². The number of carbonyl (C=O) groups excluding carboxylic acids is 1. The van der Waals surface area contributed by atoms with Crippen molar-refractivity contribution < 1.29 is 4.79 Å². The molecule has 1 amide bonds. The average molecular weight is 311 g/mol. The van der Waals surface area contributed by atoms with Crippen LogP contribution in [0.4, 0.5) is 5.13 Å². The Kier molecular flexibility index (Phi) is 5.13. The van der Waals surface area contributed by atoms with Gasteiger partial charge in [0.05, 0.1) is 5.75 Å². The van der Waals surface area contributed by atoms with Crippen LogP contribution in [0.5, 0.6) is 0 Å². The molecule has 2 aromatic heterocycles. The fourth-order valence-corrected chi connectivity index (χ4v) is 2.95. The van der Waals surface area contributed by atoms with E-state index in [-0.39, 0.29) is 5.91 Å². The zero-order valence-electron chi connectivity index (χ0n) is 11.7. The Balaban J connectivity index is 1.92. The molecule has 0 unspecified atom stereocenters. The number of amides is 1. The minimum atomic E-state index is -0.0818. The lowest BCUT2D eigenvalue weighted by Gasteiger charge is -2.10. The summed E-state index contributed by atoms with van der Waals surface area (Å²) in [5, 5.41) is 14.2. The number of nitrogens with zero attached hydrogens (tertiary/aromatic N) is 4. The Morgan fingerprint density at radius 3 is 2.95 bits per heavy atom. The van der Waals surface area contributed by atoms with Gasteiger partial charge in [0.25, 0.3) is 0 Å². The summed E-state index contributed by atoms with van der Waals surface area (Å²) in [5.74, 6) is 1.60. The van der Waals surface area contributed by atoms with Gasteiger partial charge in [0.15, 0.2) is 10.3 Å². The molecule has 2 aromatic rings. The van der Waals surface area contributed by atoms with Gasteiger partial charge >= 0.3 is 0 Å². The van der Waals surface area contributed by atoms with Gasteiger partial charge in [-0.2, -0.15) is 0 Å². The third-order valence-electron chi connectivity index (χ3n) is 2.46. The predicted molar refractivity (Wildman–Crippen MR) is 81.1 cm³/mol. The van der Waals surface area contributed by atoms with E-state index in [1.165, 1.54) is 23.1 Å². The highest BCUT2D eigenvalue weighted by Gasteiger charge is 2.13. The second kappa shape index (κ2) is 6.85. The molecule has 0 spiro atoms. The van der Waals surface area contributed by atoms with Gasteiger partial charge in [-0.25, -0.2) is 4.98 Å². The highest BCUT2D eigenvalue weighted by molar-refractivity contribution is 7.99. The fraction of sp³-hybridized carbons (Fsp3) is 0.500. The summed E-state index contributed by atoms with van der Waals surface area (Å²) in [6.45, 7) is 7.07. The second-order valence-electron chi connectivity index (χ2n) is 4.71. The van der Waals surface area contributed by atoms with E-state index in [4.69, 9.17) is 0 Å². The summed E-state index contributed by atoms with van der Waals surface area (Å²) in [4.78, 5) is 15.8. The number of thiazole rings is 1. The molecule has 0 fully saturated rings. The number of aryl methyl sites for hydroxylation is 1. The molecule has 108 valence electrons. The van der Waals surface area contributed by atoms with E-state index in [1.807, 2.05) is 16.9 Å². The van der Waals surface area contributed by atoms with Gasteiger partial charge < -0.3 is 9.88 Å². The van der Waals surface area contributed by atoms with Crippen LogP contribution < -0.4 is 5.32 Å². The topological polar surface area (TPSA) is 72.7 Å². The Labute approximate surface area is 126 Å². The highest BCUT2D eigenvalue weighted by atomic mass is 32.2. The van der Waals surface area contributed by atoms with Crippen LogP contribution in [0, 0.1) is 12.8 Å². The normalized spacial score (nSPS) is 11.0. The van der Waals surface area contributed by atoms with E-state index in [1.54, 1.807) is 6.20 Å². The molecule has 8 heteroatoms. The van der Waals surface area contributed by atoms with E-state index < -0.39 is 0 Å². The quantitative estimate of drug-likeness (QED) is 0.830. The minimum Gasteiger partial charge on any atom is -0.306 e. The van der Waals surface area contributed by atoms with Crippen molar-refractivity contribution in [2.24, 2.45) is 5.92 Å². The van der Waals surface area contributed by atoms with Crippen molar-refractivity contribution in [3.8, 4) is 0 Å². The zero-order chi connectivity index (χ0) is 14.5. The van der Waals surface area contributed by atoms with Crippen molar-refractivity contribution in [1.82, 2.24) is 19.7 Å². The lowest BCUT2D eigenvalue weighted by atomic mass is 10.2. The van der Waals surface area contributed by atoms with Gasteiger partial charge in [-0.3, -0.25) is 4.79 Å². The maximum atomic E-state index is 11.8. The molecule has 0 aliphatic carbocycles. The number of rotatable bonds is 6. The molecule has 0 saturated carbocycles. The van der Waals surface area contributed by atoms with Crippen LogP contribution in [0.2, 0.25) is 0 Å². The fourth-order valence-electron chi connectivity index (χ4n) is 1.61. The standard InChI is InChI=1S/C12H17N5OS2/c1-8(2)6-17-9(3)15-16-12(17)20-7-10(18)14-11-13-4-5-19-11/h4-5,8H,6-7H2,1-3H3,(H,13,14,18). The van der Waals surface area contributed by atoms with Crippen molar-refractivity contribution in [1.29, 1.82) is 0 Å². The number of nitrogens with one attached hydrogen (secondary N) is 1. The SMILES string of the molecule is Cc1nnc(SCC(=O)Nc2nccs2)n1CC(C)C. The molecule has 6 nitrogen and oxygen atoms in total. The maximum Gasteiger partial charge on any atom is 0.236 e.